The Hall–Kier alpha value is -2.58. The number of sulfone groups is 1. The molecule has 1 aromatic heterocycles. The van der Waals surface area contributed by atoms with Gasteiger partial charge in [0.2, 0.25) is 9.84 Å². The van der Waals surface area contributed by atoms with Crippen LogP contribution in [-0.4, -0.2) is 13.4 Å². The number of aromatic nitrogens is 1. The molecule has 2 aromatic carbocycles. The van der Waals surface area contributed by atoms with Crippen molar-refractivity contribution in [3.8, 4) is 6.07 Å². The smallest absolute Gasteiger partial charge is 0.208 e. The summed E-state index contributed by atoms with van der Waals surface area (Å²) in [5.41, 5.74) is 1.88. The van der Waals surface area contributed by atoms with E-state index in [-0.39, 0.29) is 9.79 Å². The quantitative estimate of drug-likeness (QED) is 0.792. The van der Waals surface area contributed by atoms with E-state index in [0.717, 1.165) is 11.9 Å². The second-order valence-corrected chi connectivity index (χ2v) is 7.26. The average molecular weight is 324 g/mol. The van der Waals surface area contributed by atoms with Crippen molar-refractivity contribution in [2.45, 2.75) is 29.6 Å². The van der Waals surface area contributed by atoms with E-state index in [1.807, 2.05) is 6.92 Å². The minimum Gasteiger partial charge on any atom is -0.357 e. The monoisotopic (exact) mass is 324 g/mol. The molecule has 0 saturated carbocycles. The van der Waals surface area contributed by atoms with Gasteiger partial charge in [-0.05, 0) is 36.8 Å². The molecule has 1 heterocycles. The van der Waals surface area contributed by atoms with Crippen molar-refractivity contribution in [2.75, 3.05) is 0 Å². The van der Waals surface area contributed by atoms with E-state index in [1.165, 1.54) is 0 Å². The van der Waals surface area contributed by atoms with Crippen molar-refractivity contribution in [2.24, 2.45) is 0 Å². The standard InChI is InChI=1S/C18H16N2O2S/c1-2-6-17-18(23(21,22)14-7-4-3-5-8-14)15-11-13(12-19)9-10-16(15)20-17/h3-5,7-11,20H,2,6H2,1H3. The zero-order valence-electron chi connectivity index (χ0n) is 12.7. The van der Waals surface area contributed by atoms with Crippen LogP contribution in [0.1, 0.15) is 24.6 Å². The second kappa shape index (κ2) is 5.90. The summed E-state index contributed by atoms with van der Waals surface area (Å²) in [5, 5.41) is 9.69. The number of fused-ring (bicyclic) bond motifs is 1. The second-order valence-electron chi connectivity index (χ2n) is 5.37. The minimum atomic E-state index is -3.64. The average Bonchev–Trinajstić information content (AvgIpc) is 2.93. The summed E-state index contributed by atoms with van der Waals surface area (Å²) >= 11 is 0. The van der Waals surface area contributed by atoms with Gasteiger partial charge in [-0.2, -0.15) is 5.26 Å². The minimum absolute atomic E-state index is 0.264. The van der Waals surface area contributed by atoms with Crippen LogP contribution in [0, 0.1) is 11.3 Å². The van der Waals surface area contributed by atoms with Crippen LogP contribution >= 0.6 is 0 Å². The predicted octanol–water partition coefficient (Wildman–Crippen LogP) is 3.82. The Labute approximate surface area is 135 Å². The van der Waals surface area contributed by atoms with E-state index in [9.17, 15) is 8.42 Å². The first-order valence-corrected chi connectivity index (χ1v) is 8.91. The number of hydrogen-bond acceptors (Lipinski definition) is 3. The van der Waals surface area contributed by atoms with Crippen LogP contribution in [0.2, 0.25) is 0 Å². The van der Waals surface area contributed by atoms with Crippen LogP contribution in [0.15, 0.2) is 58.3 Å². The lowest BCUT2D eigenvalue weighted by atomic mass is 10.1. The molecule has 0 fully saturated rings. The zero-order valence-corrected chi connectivity index (χ0v) is 13.5. The first-order valence-electron chi connectivity index (χ1n) is 7.42. The van der Waals surface area contributed by atoms with Crippen LogP contribution in [0.5, 0.6) is 0 Å². The van der Waals surface area contributed by atoms with Gasteiger partial charge >= 0.3 is 0 Å². The fourth-order valence-electron chi connectivity index (χ4n) is 2.74. The Morgan fingerprint density at radius 2 is 1.87 bits per heavy atom. The number of H-pyrrole nitrogens is 1. The molecule has 4 nitrogen and oxygen atoms in total. The van der Waals surface area contributed by atoms with Gasteiger partial charge in [-0.3, -0.25) is 0 Å². The molecule has 0 unspecified atom stereocenters. The van der Waals surface area contributed by atoms with Crippen molar-refractivity contribution in [1.29, 1.82) is 5.26 Å². The van der Waals surface area contributed by atoms with Gasteiger partial charge in [-0.1, -0.05) is 31.5 Å². The number of aromatic amines is 1. The molecule has 116 valence electrons. The molecule has 0 bridgehead atoms. The fourth-order valence-corrected chi connectivity index (χ4v) is 4.43. The predicted molar refractivity (Wildman–Crippen MR) is 88.9 cm³/mol. The Balaban J connectivity index is 2.34. The van der Waals surface area contributed by atoms with Gasteiger partial charge in [-0.25, -0.2) is 8.42 Å². The fraction of sp³-hybridized carbons (Fsp3) is 0.167. The van der Waals surface area contributed by atoms with Crippen molar-refractivity contribution >= 4 is 20.7 Å². The molecule has 3 rings (SSSR count). The van der Waals surface area contributed by atoms with Crippen molar-refractivity contribution < 1.29 is 8.42 Å². The van der Waals surface area contributed by atoms with Crippen molar-refractivity contribution in [3.63, 3.8) is 0 Å². The first kappa shape index (κ1) is 15.3. The number of nitrogens with zero attached hydrogens (tertiary/aromatic N) is 1. The number of rotatable bonds is 4. The molecule has 23 heavy (non-hydrogen) atoms. The van der Waals surface area contributed by atoms with Crippen LogP contribution in [-0.2, 0) is 16.3 Å². The summed E-state index contributed by atoms with van der Waals surface area (Å²) in [4.78, 5) is 3.76. The molecule has 0 aliphatic carbocycles. The van der Waals surface area contributed by atoms with E-state index in [0.29, 0.717) is 23.1 Å². The number of nitrogens with one attached hydrogen (secondary N) is 1. The highest BCUT2D eigenvalue weighted by atomic mass is 32.2. The van der Waals surface area contributed by atoms with Gasteiger partial charge < -0.3 is 4.98 Å². The van der Waals surface area contributed by atoms with E-state index >= 15 is 0 Å². The Bertz CT molecular complexity index is 997. The van der Waals surface area contributed by atoms with Crippen molar-refractivity contribution in [3.05, 3.63) is 59.8 Å². The lowest BCUT2D eigenvalue weighted by Gasteiger charge is -2.06. The summed E-state index contributed by atoms with van der Waals surface area (Å²) in [6.45, 7) is 2.01. The normalized spacial score (nSPS) is 11.5. The molecule has 1 N–H and O–H groups in total. The van der Waals surface area contributed by atoms with Crippen LogP contribution in [0.4, 0.5) is 0 Å². The number of hydrogen-bond donors (Lipinski definition) is 1. The third-order valence-electron chi connectivity index (χ3n) is 3.78. The van der Waals surface area contributed by atoms with Crippen LogP contribution in [0.3, 0.4) is 0 Å². The Kier molecular flexibility index (Phi) is 3.93. The molecular formula is C18H16N2O2S. The molecule has 0 aliphatic rings. The topological polar surface area (TPSA) is 73.7 Å². The zero-order chi connectivity index (χ0) is 16.4. The summed E-state index contributed by atoms with van der Waals surface area (Å²) in [6.07, 6.45) is 1.47. The highest BCUT2D eigenvalue weighted by molar-refractivity contribution is 7.91. The molecule has 0 spiro atoms. The highest BCUT2D eigenvalue weighted by Crippen LogP contribution is 2.33. The molecule has 0 aliphatic heterocycles. The van der Waals surface area contributed by atoms with E-state index in [2.05, 4.69) is 11.1 Å². The molecule has 5 heteroatoms. The number of aryl methyl sites for hydroxylation is 1. The highest BCUT2D eigenvalue weighted by Gasteiger charge is 2.25. The molecular weight excluding hydrogens is 308 g/mol. The Morgan fingerprint density at radius 3 is 2.52 bits per heavy atom. The maximum absolute atomic E-state index is 13.1. The maximum atomic E-state index is 13.1. The van der Waals surface area contributed by atoms with E-state index in [4.69, 9.17) is 5.26 Å². The summed E-state index contributed by atoms with van der Waals surface area (Å²) in [6, 6.07) is 15.6. The van der Waals surface area contributed by atoms with Gasteiger partial charge in [-0.15, -0.1) is 0 Å². The van der Waals surface area contributed by atoms with Crippen LogP contribution < -0.4 is 0 Å². The lowest BCUT2D eigenvalue weighted by molar-refractivity contribution is 0.595. The number of nitriles is 1. The van der Waals surface area contributed by atoms with Gasteiger partial charge in [0.15, 0.2) is 0 Å². The molecule has 0 atom stereocenters. The molecule has 3 aromatic rings. The summed E-state index contributed by atoms with van der Waals surface area (Å²) < 4.78 is 26.2. The SMILES string of the molecule is CCCc1[nH]c2ccc(C#N)cc2c1S(=O)(=O)c1ccccc1. The summed E-state index contributed by atoms with van der Waals surface area (Å²) in [5.74, 6) is 0. The lowest BCUT2D eigenvalue weighted by Crippen LogP contribution is -2.04. The van der Waals surface area contributed by atoms with Gasteiger partial charge in [0.05, 0.1) is 16.5 Å². The van der Waals surface area contributed by atoms with Crippen LogP contribution in [0.25, 0.3) is 10.9 Å². The third kappa shape index (κ3) is 2.62. The van der Waals surface area contributed by atoms with Gasteiger partial charge in [0.25, 0.3) is 0 Å². The van der Waals surface area contributed by atoms with E-state index in [1.54, 1.807) is 48.5 Å². The van der Waals surface area contributed by atoms with E-state index < -0.39 is 9.84 Å². The summed E-state index contributed by atoms with van der Waals surface area (Å²) in [7, 11) is -3.64. The molecule has 0 saturated heterocycles. The Morgan fingerprint density at radius 1 is 1.13 bits per heavy atom. The first-order chi connectivity index (χ1) is 11.1. The van der Waals surface area contributed by atoms with Gasteiger partial charge in [0.1, 0.15) is 4.90 Å². The maximum Gasteiger partial charge on any atom is 0.208 e. The largest absolute Gasteiger partial charge is 0.357 e. The van der Waals surface area contributed by atoms with Crippen molar-refractivity contribution in [1.82, 2.24) is 4.98 Å². The van der Waals surface area contributed by atoms with Gasteiger partial charge in [0, 0.05) is 16.6 Å². The molecule has 0 radical (unpaired) electrons. The molecule has 0 amide bonds. The third-order valence-corrected chi connectivity index (χ3v) is 5.67. The number of benzene rings is 2.